The average Bonchev–Trinajstić information content (AvgIpc) is 2.92. The Balaban J connectivity index is 2.22. The predicted molar refractivity (Wildman–Crippen MR) is 79.1 cm³/mol. The highest BCUT2D eigenvalue weighted by molar-refractivity contribution is 6.31. The molecule has 0 spiro atoms. The number of nitrogens with one attached hydrogen (secondary N) is 2. The van der Waals surface area contributed by atoms with E-state index in [9.17, 15) is 9.59 Å². The van der Waals surface area contributed by atoms with Crippen molar-refractivity contribution in [2.24, 2.45) is 0 Å². The van der Waals surface area contributed by atoms with E-state index in [0.29, 0.717) is 16.3 Å². The van der Waals surface area contributed by atoms with Crippen molar-refractivity contribution in [1.29, 1.82) is 0 Å². The first-order chi connectivity index (χ1) is 9.49. The summed E-state index contributed by atoms with van der Waals surface area (Å²) in [5, 5.41) is 6.40. The molecule has 1 aliphatic heterocycles. The second-order valence-corrected chi connectivity index (χ2v) is 5.46. The second-order valence-electron chi connectivity index (χ2n) is 5.03. The number of hydrogen-bond donors (Lipinski definition) is 2. The van der Waals surface area contributed by atoms with Crippen molar-refractivity contribution in [2.45, 2.75) is 18.9 Å². The first-order valence-electron chi connectivity index (χ1n) is 6.54. The number of rotatable bonds is 3. The molecule has 0 radical (unpaired) electrons. The molecule has 0 aromatic heterocycles. The SMILES string of the molecule is CN(C)C(=O)c1ccc(Cl)cc1NC(=O)C1CCCN1. The molecule has 1 heterocycles. The zero-order chi connectivity index (χ0) is 14.7. The van der Waals surface area contributed by atoms with Crippen molar-refractivity contribution in [2.75, 3.05) is 26.0 Å². The van der Waals surface area contributed by atoms with Gasteiger partial charge >= 0.3 is 0 Å². The van der Waals surface area contributed by atoms with Gasteiger partial charge in [-0.15, -0.1) is 0 Å². The quantitative estimate of drug-likeness (QED) is 0.893. The van der Waals surface area contributed by atoms with Crippen LogP contribution in [0.25, 0.3) is 0 Å². The van der Waals surface area contributed by atoms with Gasteiger partial charge in [0.05, 0.1) is 17.3 Å². The van der Waals surface area contributed by atoms with Crippen LogP contribution >= 0.6 is 11.6 Å². The summed E-state index contributed by atoms with van der Waals surface area (Å²) in [5.74, 6) is -0.297. The van der Waals surface area contributed by atoms with Crippen LogP contribution in [0.1, 0.15) is 23.2 Å². The number of hydrogen-bond acceptors (Lipinski definition) is 3. The molecular formula is C14H18ClN3O2. The highest BCUT2D eigenvalue weighted by Gasteiger charge is 2.23. The Labute approximate surface area is 123 Å². The van der Waals surface area contributed by atoms with Crippen molar-refractivity contribution in [3.8, 4) is 0 Å². The van der Waals surface area contributed by atoms with Crippen LogP contribution in [-0.2, 0) is 4.79 Å². The molecule has 5 nitrogen and oxygen atoms in total. The number of amides is 2. The smallest absolute Gasteiger partial charge is 0.255 e. The maximum absolute atomic E-state index is 12.1. The molecule has 1 fully saturated rings. The zero-order valence-corrected chi connectivity index (χ0v) is 12.3. The van der Waals surface area contributed by atoms with Crippen molar-refractivity contribution >= 4 is 29.1 Å². The van der Waals surface area contributed by atoms with Crippen LogP contribution in [-0.4, -0.2) is 43.4 Å². The molecule has 6 heteroatoms. The van der Waals surface area contributed by atoms with Crippen molar-refractivity contribution in [3.05, 3.63) is 28.8 Å². The Kier molecular flexibility index (Phi) is 4.62. The van der Waals surface area contributed by atoms with Gasteiger partial charge in [-0.2, -0.15) is 0 Å². The van der Waals surface area contributed by atoms with Crippen molar-refractivity contribution < 1.29 is 9.59 Å². The van der Waals surface area contributed by atoms with Gasteiger partial charge in [0.25, 0.3) is 5.91 Å². The van der Waals surface area contributed by atoms with Crippen LogP contribution in [0.15, 0.2) is 18.2 Å². The number of carbonyl (C=O) groups excluding carboxylic acids is 2. The third-order valence-corrected chi connectivity index (χ3v) is 3.49. The fourth-order valence-electron chi connectivity index (χ4n) is 2.18. The van der Waals surface area contributed by atoms with Crippen LogP contribution in [0.3, 0.4) is 0 Å². The van der Waals surface area contributed by atoms with Gasteiger partial charge in [0.1, 0.15) is 0 Å². The van der Waals surface area contributed by atoms with Gasteiger partial charge in [-0.05, 0) is 37.6 Å². The van der Waals surface area contributed by atoms with E-state index in [1.807, 2.05) is 0 Å². The van der Waals surface area contributed by atoms with Gasteiger partial charge in [-0.3, -0.25) is 9.59 Å². The maximum atomic E-state index is 12.1. The molecule has 2 N–H and O–H groups in total. The zero-order valence-electron chi connectivity index (χ0n) is 11.6. The number of anilines is 1. The van der Waals surface area contributed by atoms with Crippen LogP contribution in [0, 0.1) is 0 Å². The normalized spacial score (nSPS) is 17.9. The van der Waals surface area contributed by atoms with E-state index in [1.165, 1.54) is 4.90 Å². The lowest BCUT2D eigenvalue weighted by molar-refractivity contribution is -0.117. The van der Waals surface area contributed by atoms with Crippen LogP contribution in [0.5, 0.6) is 0 Å². The van der Waals surface area contributed by atoms with E-state index >= 15 is 0 Å². The minimum atomic E-state index is -0.198. The molecule has 1 unspecified atom stereocenters. The molecule has 1 aromatic carbocycles. The summed E-state index contributed by atoms with van der Waals surface area (Å²) in [6.07, 6.45) is 1.79. The first kappa shape index (κ1) is 14.8. The topological polar surface area (TPSA) is 61.4 Å². The second kappa shape index (κ2) is 6.24. The summed E-state index contributed by atoms with van der Waals surface area (Å²) >= 11 is 5.95. The third-order valence-electron chi connectivity index (χ3n) is 3.25. The van der Waals surface area contributed by atoms with Crippen molar-refractivity contribution in [3.63, 3.8) is 0 Å². The lowest BCUT2D eigenvalue weighted by Gasteiger charge is -2.17. The Morgan fingerprint density at radius 1 is 1.40 bits per heavy atom. The average molecular weight is 296 g/mol. The van der Waals surface area contributed by atoms with E-state index in [1.54, 1.807) is 32.3 Å². The van der Waals surface area contributed by atoms with Gasteiger partial charge < -0.3 is 15.5 Å². The van der Waals surface area contributed by atoms with E-state index in [-0.39, 0.29) is 17.9 Å². The highest BCUT2D eigenvalue weighted by atomic mass is 35.5. The Hall–Kier alpha value is -1.59. The maximum Gasteiger partial charge on any atom is 0.255 e. The van der Waals surface area contributed by atoms with Gasteiger partial charge in [-0.1, -0.05) is 11.6 Å². The summed E-state index contributed by atoms with van der Waals surface area (Å²) < 4.78 is 0. The largest absolute Gasteiger partial charge is 0.345 e. The van der Waals surface area contributed by atoms with E-state index in [2.05, 4.69) is 10.6 Å². The molecule has 0 saturated carbocycles. The standard InChI is InChI=1S/C14H18ClN3O2/c1-18(2)14(20)10-6-5-9(15)8-12(10)17-13(19)11-4-3-7-16-11/h5-6,8,11,16H,3-4,7H2,1-2H3,(H,17,19). The molecule has 0 bridgehead atoms. The molecule has 2 amide bonds. The van der Waals surface area contributed by atoms with Crippen LogP contribution in [0.4, 0.5) is 5.69 Å². The number of carbonyl (C=O) groups is 2. The van der Waals surface area contributed by atoms with Crippen LogP contribution < -0.4 is 10.6 Å². The highest BCUT2D eigenvalue weighted by Crippen LogP contribution is 2.23. The third kappa shape index (κ3) is 3.29. The summed E-state index contributed by atoms with van der Waals surface area (Å²) in [4.78, 5) is 25.7. The molecule has 108 valence electrons. The summed E-state index contributed by atoms with van der Waals surface area (Å²) in [6, 6.07) is 4.67. The molecular weight excluding hydrogens is 278 g/mol. The lowest BCUT2D eigenvalue weighted by atomic mass is 10.1. The van der Waals surface area contributed by atoms with Gasteiger partial charge in [-0.25, -0.2) is 0 Å². The van der Waals surface area contributed by atoms with Gasteiger partial charge in [0, 0.05) is 19.1 Å². The summed E-state index contributed by atoms with van der Waals surface area (Å²) in [7, 11) is 3.34. The Bertz CT molecular complexity index is 525. The number of halogens is 1. The van der Waals surface area contributed by atoms with E-state index in [4.69, 9.17) is 11.6 Å². The van der Waals surface area contributed by atoms with Crippen molar-refractivity contribution in [1.82, 2.24) is 10.2 Å². The monoisotopic (exact) mass is 295 g/mol. The fourth-order valence-corrected chi connectivity index (χ4v) is 2.35. The summed E-state index contributed by atoms with van der Waals surface area (Å²) in [5.41, 5.74) is 0.889. The number of benzene rings is 1. The molecule has 20 heavy (non-hydrogen) atoms. The van der Waals surface area contributed by atoms with E-state index in [0.717, 1.165) is 19.4 Å². The summed E-state index contributed by atoms with van der Waals surface area (Å²) in [6.45, 7) is 0.844. The lowest BCUT2D eigenvalue weighted by Crippen LogP contribution is -2.36. The molecule has 1 aromatic rings. The number of nitrogens with zero attached hydrogens (tertiary/aromatic N) is 1. The molecule has 1 aliphatic rings. The van der Waals surface area contributed by atoms with Gasteiger partial charge in [0.15, 0.2) is 0 Å². The molecule has 1 saturated heterocycles. The Morgan fingerprint density at radius 3 is 2.75 bits per heavy atom. The molecule has 0 aliphatic carbocycles. The van der Waals surface area contributed by atoms with E-state index < -0.39 is 0 Å². The predicted octanol–water partition coefficient (Wildman–Crippen LogP) is 1.73. The Morgan fingerprint density at radius 2 is 2.15 bits per heavy atom. The molecule has 1 atom stereocenters. The van der Waals surface area contributed by atoms with Crippen LogP contribution in [0.2, 0.25) is 5.02 Å². The minimum Gasteiger partial charge on any atom is -0.345 e. The fraction of sp³-hybridized carbons (Fsp3) is 0.429. The first-order valence-corrected chi connectivity index (χ1v) is 6.92. The van der Waals surface area contributed by atoms with Gasteiger partial charge in [0.2, 0.25) is 5.91 Å². The molecule has 2 rings (SSSR count). The minimum absolute atomic E-state index is 0.127.